The summed E-state index contributed by atoms with van der Waals surface area (Å²) < 4.78 is 11.5. The molecule has 0 fully saturated rings. The van der Waals surface area contributed by atoms with Crippen molar-refractivity contribution in [1.82, 2.24) is 4.57 Å². The topological polar surface area (TPSA) is 66.5 Å². The molecule has 14 heavy (non-hydrogen) atoms. The third-order valence-electron chi connectivity index (χ3n) is 1.84. The van der Waals surface area contributed by atoms with E-state index in [1.165, 1.54) is 7.11 Å². The van der Waals surface area contributed by atoms with Gasteiger partial charge in [0, 0.05) is 13.2 Å². The van der Waals surface area contributed by atoms with E-state index in [0.29, 0.717) is 23.7 Å². The molecule has 0 saturated heterocycles. The first-order chi connectivity index (χ1) is 6.61. The van der Waals surface area contributed by atoms with Crippen molar-refractivity contribution < 1.29 is 14.3 Å². The van der Waals surface area contributed by atoms with Gasteiger partial charge >= 0.3 is 5.97 Å². The summed E-state index contributed by atoms with van der Waals surface area (Å²) in [5, 5.41) is 0. The summed E-state index contributed by atoms with van der Waals surface area (Å²) >= 11 is 0. The summed E-state index contributed by atoms with van der Waals surface area (Å²) in [6.45, 7) is 2.07. The van der Waals surface area contributed by atoms with Gasteiger partial charge in [0.2, 0.25) is 0 Å². The number of aryl methyl sites for hydroxylation is 1. The minimum atomic E-state index is -0.427. The Morgan fingerprint density at radius 2 is 2.29 bits per heavy atom. The van der Waals surface area contributed by atoms with Crippen molar-refractivity contribution in [2.45, 2.75) is 6.92 Å². The lowest BCUT2D eigenvalue weighted by molar-refractivity contribution is 0.0511. The van der Waals surface area contributed by atoms with Gasteiger partial charge in [-0.3, -0.25) is 0 Å². The lowest BCUT2D eigenvalue weighted by Crippen LogP contribution is -2.10. The first-order valence-electron chi connectivity index (χ1n) is 4.27. The summed E-state index contributed by atoms with van der Waals surface area (Å²) in [5.74, 6) is -0.0606. The van der Waals surface area contributed by atoms with E-state index in [9.17, 15) is 4.79 Å². The molecule has 2 N–H and O–H groups in total. The summed E-state index contributed by atoms with van der Waals surface area (Å²) in [7, 11) is 3.18. The molecule has 0 bridgehead atoms. The number of aromatic nitrogens is 1. The van der Waals surface area contributed by atoms with Crippen LogP contribution < -0.4 is 10.5 Å². The summed E-state index contributed by atoms with van der Waals surface area (Å²) in [6, 6.07) is 0. The molecule has 1 aromatic heterocycles. The largest absolute Gasteiger partial charge is 0.492 e. The van der Waals surface area contributed by atoms with E-state index in [2.05, 4.69) is 0 Å². The van der Waals surface area contributed by atoms with Crippen molar-refractivity contribution >= 4 is 11.7 Å². The Bertz CT molecular complexity index is 344. The molecule has 0 saturated carbocycles. The number of anilines is 1. The van der Waals surface area contributed by atoms with Crippen LogP contribution in [0.3, 0.4) is 0 Å². The third-order valence-corrected chi connectivity index (χ3v) is 1.84. The fourth-order valence-electron chi connectivity index (χ4n) is 1.28. The summed E-state index contributed by atoms with van der Waals surface area (Å²) in [4.78, 5) is 11.5. The van der Waals surface area contributed by atoms with Gasteiger partial charge in [-0.25, -0.2) is 4.79 Å². The third kappa shape index (κ3) is 1.66. The molecule has 0 aliphatic heterocycles. The van der Waals surface area contributed by atoms with Crippen LogP contribution in [0, 0.1) is 0 Å². The molecule has 0 radical (unpaired) electrons. The Morgan fingerprint density at radius 3 is 2.79 bits per heavy atom. The first kappa shape index (κ1) is 10.4. The van der Waals surface area contributed by atoms with Crippen LogP contribution in [0.4, 0.5) is 5.69 Å². The van der Waals surface area contributed by atoms with Crippen LogP contribution in [-0.4, -0.2) is 24.3 Å². The minimum absolute atomic E-state index is 0.326. The molecule has 78 valence electrons. The molecule has 0 aliphatic rings. The van der Waals surface area contributed by atoms with Crippen LogP contribution >= 0.6 is 0 Å². The Morgan fingerprint density at radius 1 is 1.64 bits per heavy atom. The van der Waals surface area contributed by atoms with Gasteiger partial charge in [0.05, 0.1) is 19.4 Å². The highest BCUT2D eigenvalue weighted by molar-refractivity contribution is 5.93. The van der Waals surface area contributed by atoms with Crippen LogP contribution in [-0.2, 0) is 11.8 Å². The molecule has 1 heterocycles. The quantitative estimate of drug-likeness (QED) is 0.729. The standard InChI is InChI=1S/C9H14N2O3/c1-4-14-9(12)7-8(13-3)6(10)5-11(7)2/h5H,4,10H2,1-3H3. The Hall–Kier alpha value is -1.65. The predicted molar refractivity (Wildman–Crippen MR) is 52.3 cm³/mol. The van der Waals surface area contributed by atoms with E-state index in [4.69, 9.17) is 15.2 Å². The average molecular weight is 198 g/mol. The number of rotatable bonds is 3. The van der Waals surface area contributed by atoms with Gasteiger partial charge in [0.1, 0.15) is 0 Å². The second-order valence-corrected chi connectivity index (χ2v) is 2.80. The normalized spacial score (nSPS) is 9.93. The highest BCUT2D eigenvalue weighted by atomic mass is 16.5. The van der Waals surface area contributed by atoms with Crippen molar-refractivity contribution in [2.75, 3.05) is 19.5 Å². The van der Waals surface area contributed by atoms with Crippen LogP contribution in [0.5, 0.6) is 5.75 Å². The smallest absolute Gasteiger partial charge is 0.358 e. The fraction of sp³-hybridized carbons (Fsp3) is 0.444. The van der Waals surface area contributed by atoms with E-state index >= 15 is 0 Å². The predicted octanol–water partition coefficient (Wildman–Crippen LogP) is 0.793. The number of carbonyl (C=O) groups excluding carboxylic acids is 1. The molecule has 0 aromatic carbocycles. The number of methoxy groups -OCH3 is 1. The van der Waals surface area contributed by atoms with Crippen molar-refractivity contribution in [3.8, 4) is 5.75 Å². The van der Waals surface area contributed by atoms with Gasteiger partial charge in [0.15, 0.2) is 11.4 Å². The van der Waals surface area contributed by atoms with Crippen molar-refractivity contribution in [2.24, 2.45) is 7.05 Å². The van der Waals surface area contributed by atoms with Gasteiger partial charge in [-0.05, 0) is 6.92 Å². The number of nitrogens with zero attached hydrogens (tertiary/aromatic N) is 1. The number of carbonyl (C=O) groups is 1. The maximum Gasteiger partial charge on any atom is 0.358 e. The molecule has 5 nitrogen and oxygen atoms in total. The number of esters is 1. The minimum Gasteiger partial charge on any atom is -0.492 e. The monoisotopic (exact) mass is 198 g/mol. The van der Waals surface area contributed by atoms with Gasteiger partial charge < -0.3 is 19.8 Å². The van der Waals surface area contributed by atoms with Gasteiger partial charge in [0.25, 0.3) is 0 Å². The molecule has 0 aliphatic carbocycles. The first-order valence-corrected chi connectivity index (χ1v) is 4.27. The highest BCUT2D eigenvalue weighted by Crippen LogP contribution is 2.28. The van der Waals surface area contributed by atoms with Crippen LogP contribution in [0.2, 0.25) is 0 Å². The van der Waals surface area contributed by atoms with E-state index in [-0.39, 0.29) is 0 Å². The van der Waals surface area contributed by atoms with Gasteiger partial charge in [-0.15, -0.1) is 0 Å². The SMILES string of the molecule is CCOC(=O)c1c(OC)c(N)cn1C. The van der Waals surface area contributed by atoms with Gasteiger partial charge in [-0.1, -0.05) is 0 Å². The summed E-state index contributed by atoms with van der Waals surface area (Å²) in [6.07, 6.45) is 1.62. The van der Waals surface area contributed by atoms with Crippen molar-refractivity contribution in [3.63, 3.8) is 0 Å². The maximum absolute atomic E-state index is 11.5. The second kappa shape index (κ2) is 4.04. The Kier molecular flexibility index (Phi) is 3.01. The molecule has 1 aromatic rings. The lowest BCUT2D eigenvalue weighted by atomic mass is 10.3. The fourth-order valence-corrected chi connectivity index (χ4v) is 1.28. The Labute approximate surface area is 82.4 Å². The van der Waals surface area contributed by atoms with E-state index in [1.807, 2.05) is 0 Å². The summed E-state index contributed by atoms with van der Waals surface area (Å²) in [5.41, 5.74) is 6.40. The average Bonchev–Trinajstić information content (AvgIpc) is 2.40. The van der Waals surface area contributed by atoms with E-state index in [0.717, 1.165) is 0 Å². The maximum atomic E-state index is 11.5. The van der Waals surface area contributed by atoms with E-state index in [1.54, 1.807) is 24.7 Å². The molecular weight excluding hydrogens is 184 g/mol. The van der Waals surface area contributed by atoms with Crippen LogP contribution in [0.1, 0.15) is 17.4 Å². The second-order valence-electron chi connectivity index (χ2n) is 2.80. The molecule has 0 amide bonds. The van der Waals surface area contributed by atoms with E-state index < -0.39 is 5.97 Å². The number of nitrogens with two attached hydrogens (primary N) is 1. The van der Waals surface area contributed by atoms with Crippen LogP contribution in [0.15, 0.2) is 6.20 Å². The number of hydrogen-bond acceptors (Lipinski definition) is 4. The Balaban J connectivity index is 3.11. The molecule has 0 unspecified atom stereocenters. The number of hydrogen-bond donors (Lipinski definition) is 1. The van der Waals surface area contributed by atoms with Crippen molar-refractivity contribution in [1.29, 1.82) is 0 Å². The molecule has 1 rings (SSSR count). The lowest BCUT2D eigenvalue weighted by Gasteiger charge is -2.05. The highest BCUT2D eigenvalue weighted by Gasteiger charge is 2.20. The molecular formula is C9H14N2O3. The zero-order valence-corrected chi connectivity index (χ0v) is 8.53. The number of nitrogen functional groups attached to an aromatic ring is 1. The number of ether oxygens (including phenoxy) is 2. The van der Waals surface area contributed by atoms with Crippen LogP contribution in [0.25, 0.3) is 0 Å². The molecule has 0 spiro atoms. The molecule has 5 heteroatoms. The zero-order chi connectivity index (χ0) is 10.7. The molecule has 0 atom stereocenters. The van der Waals surface area contributed by atoms with Crippen molar-refractivity contribution in [3.05, 3.63) is 11.9 Å². The van der Waals surface area contributed by atoms with Gasteiger partial charge in [-0.2, -0.15) is 0 Å². The zero-order valence-electron chi connectivity index (χ0n) is 8.53.